The fourth-order valence-electron chi connectivity index (χ4n) is 3.47. The monoisotopic (exact) mass is 434 g/mol. The predicted octanol–water partition coefficient (Wildman–Crippen LogP) is 4.56. The number of carbonyl (C=O) groups is 1. The van der Waals surface area contributed by atoms with Crippen molar-refractivity contribution in [3.63, 3.8) is 0 Å². The summed E-state index contributed by atoms with van der Waals surface area (Å²) in [5.41, 5.74) is 5.09. The van der Waals surface area contributed by atoms with Crippen LogP contribution in [0.3, 0.4) is 0 Å². The number of aromatic nitrogens is 5. The van der Waals surface area contributed by atoms with Gasteiger partial charge in [0.1, 0.15) is 12.7 Å². The van der Waals surface area contributed by atoms with Crippen LogP contribution in [0.25, 0.3) is 11.4 Å². The highest BCUT2D eigenvalue weighted by molar-refractivity contribution is 6.31. The zero-order valence-corrected chi connectivity index (χ0v) is 18.6. The van der Waals surface area contributed by atoms with E-state index in [0.717, 1.165) is 28.3 Å². The normalized spacial score (nSPS) is 12.0. The summed E-state index contributed by atoms with van der Waals surface area (Å²) in [7, 11) is 1.81. The van der Waals surface area contributed by atoms with Crippen LogP contribution in [0, 0.1) is 13.8 Å². The van der Waals surface area contributed by atoms with Crippen molar-refractivity contribution in [1.29, 1.82) is 0 Å². The molecule has 0 aliphatic heterocycles. The summed E-state index contributed by atoms with van der Waals surface area (Å²) < 4.78 is 3.48. The van der Waals surface area contributed by atoms with E-state index in [0.29, 0.717) is 10.6 Å². The van der Waals surface area contributed by atoms with Gasteiger partial charge in [-0.15, -0.1) is 0 Å². The van der Waals surface area contributed by atoms with Crippen LogP contribution in [0.1, 0.15) is 40.3 Å². The molecular weight excluding hydrogens is 412 g/mol. The number of benzene rings is 2. The molecular formula is C23H23ClN6O. The topological polar surface area (TPSA) is 68.8 Å². The average molecular weight is 435 g/mol. The molecule has 2 aromatic carbocycles. The van der Waals surface area contributed by atoms with Crippen molar-refractivity contribution >= 4 is 17.5 Å². The number of rotatable bonds is 5. The molecule has 0 saturated heterocycles. The fourth-order valence-corrected chi connectivity index (χ4v) is 3.59. The molecule has 7 nitrogen and oxygen atoms in total. The van der Waals surface area contributed by atoms with E-state index < -0.39 is 0 Å². The standard InChI is InChI=1S/C23H23ClN6O/c1-15-22(24)17(3)30(27-15)21-11-7-19(8-12-21)23(31)28(4)16(2)18-5-9-20(10-6-18)29-14-25-13-26-29/h5-14,16H,1-4H3. The van der Waals surface area contributed by atoms with Crippen molar-refractivity contribution in [2.24, 2.45) is 0 Å². The van der Waals surface area contributed by atoms with Crippen LogP contribution in [0.4, 0.5) is 0 Å². The Hall–Kier alpha value is -3.45. The molecule has 0 aliphatic carbocycles. The Morgan fingerprint density at radius 2 is 1.68 bits per heavy atom. The van der Waals surface area contributed by atoms with Crippen molar-refractivity contribution in [2.75, 3.05) is 7.05 Å². The van der Waals surface area contributed by atoms with E-state index in [-0.39, 0.29) is 11.9 Å². The highest BCUT2D eigenvalue weighted by Crippen LogP contribution is 2.24. The van der Waals surface area contributed by atoms with E-state index in [1.54, 1.807) is 20.6 Å². The highest BCUT2D eigenvalue weighted by atomic mass is 35.5. The zero-order valence-electron chi connectivity index (χ0n) is 17.8. The molecule has 0 fully saturated rings. The molecule has 4 rings (SSSR count). The lowest BCUT2D eigenvalue weighted by molar-refractivity contribution is 0.0742. The number of hydrogen-bond acceptors (Lipinski definition) is 4. The molecule has 0 saturated carbocycles. The number of aryl methyl sites for hydroxylation is 1. The maximum atomic E-state index is 13.0. The van der Waals surface area contributed by atoms with E-state index in [1.165, 1.54) is 6.33 Å². The number of nitrogens with zero attached hydrogens (tertiary/aromatic N) is 6. The summed E-state index contributed by atoms with van der Waals surface area (Å²) in [6.07, 6.45) is 3.15. The van der Waals surface area contributed by atoms with E-state index in [4.69, 9.17) is 11.6 Å². The van der Waals surface area contributed by atoms with Crippen molar-refractivity contribution in [1.82, 2.24) is 29.4 Å². The summed E-state index contributed by atoms with van der Waals surface area (Å²) >= 11 is 6.25. The molecule has 2 heterocycles. The van der Waals surface area contributed by atoms with E-state index in [9.17, 15) is 4.79 Å². The zero-order chi connectivity index (χ0) is 22.1. The molecule has 1 atom stereocenters. The summed E-state index contributed by atoms with van der Waals surface area (Å²) in [6, 6.07) is 15.2. The first-order valence-corrected chi connectivity index (χ1v) is 10.3. The summed E-state index contributed by atoms with van der Waals surface area (Å²) in [5.74, 6) is -0.0502. The molecule has 0 N–H and O–H groups in total. The molecule has 1 unspecified atom stereocenters. The van der Waals surface area contributed by atoms with Gasteiger partial charge in [-0.3, -0.25) is 4.79 Å². The molecule has 0 spiro atoms. The van der Waals surface area contributed by atoms with Gasteiger partial charge < -0.3 is 4.90 Å². The Morgan fingerprint density at radius 3 is 2.23 bits per heavy atom. The molecule has 0 radical (unpaired) electrons. The smallest absolute Gasteiger partial charge is 0.254 e. The maximum absolute atomic E-state index is 13.0. The second-order valence-corrected chi connectivity index (χ2v) is 7.85. The number of carbonyl (C=O) groups excluding carboxylic acids is 1. The molecule has 0 aliphatic rings. The minimum Gasteiger partial charge on any atom is -0.335 e. The number of hydrogen-bond donors (Lipinski definition) is 0. The van der Waals surface area contributed by atoms with Crippen molar-refractivity contribution in [3.8, 4) is 11.4 Å². The molecule has 31 heavy (non-hydrogen) atoms. The van der Waals surface area contributed by atoms with Crippen LogP contribution in [0.5, 0.6) is 0 Å². The minimum absolute atomic E-state index is 0.0502. The second-order valence-electron chi connectivity index (χ2n) is 7.47. The third-order valence-electron chi connectivity index (χ3n) is 5.52. The average Bonchev–Trinajstić information content (AvgIpc) is 3.43. The van der Waals surface area contributed by atoms with Crippen LogP contribution in [0.15, 0.2) is 61.2 Å². The van der Waals surface area contributed by atoms with Gasteiger partial charge in [0.15, 0.2) is 0 Å². The van der Waals surface area contributed by atoms with Gasteiger partial charge in [-0.1, -0.05) is 23.7 Å². The quantitative estimate of drug-likeness (QED) is 0.462. The first kappa shape index (κ1) is 20.8. The Bertz CT molecular complexity index is 1200. The van der Waals surface area contributed by atoms with Gasteiger partial charge >= 0.3 is 0 Å². The summed E-state index contributed by atoms with van der Waals surface area (Å²) in [5, 5.41) is 9.25. The molecule has 8 heteroatoms. The van der Waals surface area contributed by atoms with Gasteiger partial charge in [0.25, 0.3) is 5.91 Å². The lowest BCUT2D eigenvalue weighted by Gasteiger charge is -2.25. The lowest BCUT2D eigenvalue weighted by atomic mass is 10.1. The number of halogens is 1. The van der Waals surface area contributed by atoms with E-state index >= 15 is 0 Å². The van der Waals surface area contributed by atoms with E-state index in [2.05, 4.69) is 15.2 Å². The van der Waals surface area contributed by atoms with Crippen molar-refractivity contribution in [3.05, 3.63) is 88.7 Å². The summed E-state index contributed by atoms with van der Waals surface area (Å²) in [4.78, 5) is 18.7. The molecule has 4 aromatic rings. The third-order valence-corrected chi connectivity index (χ3v) is 6.07. The Kier molecular flexibility index (Phi) is 5.61. The molecule has 1 amide bonds. The largest absolute Gasteiger partial charge is 0.335 e. The van der Waals surface area contributed by atoms with Gasteiger partial charge in [0.05, 0.1) is 33.8 Å². The van der Waals surface area contributed by atoms with Crippen LogP contribution < -0.4 is 0 Å². The van der Waals surface area contributed by atoms with Gasteiger partial charge in [-0.05, 0) is 62.7 Å². The first-order chi connectivity index (χ1) is 14.9. The molecule has 2 aromatic heterocycles. The SMILES string of the molecule is Cc1nn(-c2ccc(C(=O)N(C)C(C)c3ccc(-n4cncn4)cc3)cc2)c(C)c1Cl. The second kappa shape index (κ2) is 8.35. The predicted molar refractivity (Wildman–Crippen MR) is 120 cm³/mol. The van der Waals surface area contributed by atoms with E-state index in [1.807, 2.05) is 76.3 Å². The fraction of sp³-hybridized carbons (Fsp3) is 0.217. The van der Waals surface area contributed by atoms with Gasteiger partial charge in [0.2, 0.25) is 0 Å². The van der Waals surface area contributed by atoms with Gasteiger partial charge in [-0.2, -0.15) is 10.2 Å². The van der Waals surface area contributed by atoms with Crippen LogP contribution in [-0.2, 0) is 0 Å². The van der Waals surface area contributed by atoms with Crippen LogP contribution >= 0.6 is 11.6 Å². The van der Waals surface area contributed by atoms with Gasteiger partial charge in [0, 0.05) is 12.6 Å². The van der Waals surface area contributed by atoms with Crippen molar-refractivity contribution in [2.45, 2.75) is 26.8 Å². The van der Waals surface area contributed by atoms with Crippen molar-refractivity contribution < 1.29 is 4.79 Å². The first-order valence-electron chi connectivity index (χ1n) is 9.91. The lowest BCUT2D eigenvalue weighted by Crippen LogP contribution is -2.29. The highest BCUT2D eigenvalue weighted by Gasteiger charge is 2.19. The molecule has 0 bridgehead atoms. The molecule has 158 valence electrons. The van der Waals surface area contributed by atoms with Gasteiger partial charge in [-0.25, -0.2) is 14.3 Å². The third kappa shape index (κ3) is 3.96. The Balaban J connectivity index is 1.50. The Morgan fingerprint density at radius 1 is 1.03 bits per heavy atom. The maximum Gasteiger partial charge on any atom is 0.254 e. The van der Waals surface area contributed by atoms with Crippen LogP contribution in [0.2, 0.25) is 5.02 Å². The number of amides is 1. The van der Waals surface area contributed by atoms with Crippen LogP contribution in [-0.4, -0.2) is 42.4 Å². The summed E-state index contributed by atoms with van der Waals surface area (Å²) in [6.45, 7) is 5.80. The minimum atomic E-state index is -0.0909. The Labute approximate surface area is 185 Å².